The minimum Gasteiger partial charge on any atom is -0.390 e. The van der Waals surface area contributed by atoms with Crippen molar-refractivity contribution >= 4 is 0 Å². The minimum absolute atomic E-state index is 0.344. The van der Waals surface area contributed by atoms with Crippen molar-refractivity contribution < 1.29 is 9.84 Å². The molecule has 1 N–H and O–H groups in total. The van der Waals surface area contributed by atoms with Gasteiger partial charge in [-0.05, 0) is 48.6 Å². The molecule has 0 heterocycles. The third-order valence-electron chi connectivity index (χ3n) is 5.21. The monoisotopic (exact) mass is 290 g/mol. The van der Waals surface area contributed by atoms with Gasteiger partial charge < -0.3 is 9.84 Å². The molecule has 0 bridgehead atoms. The second-order valence-electron chi connectivity index (χ2n) is 7.07. The Morgan fingerprint density at radius 2 is 1.76 bits per heavy atom. The molecule has 1 unspecified atom stereocenters. The lowest BCUT2D eigenvalue weighted by Gasteiger charge is -2.41. The predicted molar refractivity (Wildman–Crippen MR) is 87.6 cm³/mol. The zero-order valence-electron chi connectivity index (χ0n) is 13.9. The molecule has 0 aliphatic heterocycles. The lowest BCUT2D eigenvalue weighted by molar-refractivity contribution is -0.127. The molecule has 0 spiro atoms. The molecule has 1 aromatic carbocycles. The van der Waals surface area contributed by atoms with E-state index in [0.717, 1.165) is 31.6 Å². The van der Waals surface area contributed by atoms with Crippen molar-refractivity contribution in [2.24, 2.45) is 5.92 Å². The predicted octanol–water partition coefficient (Wildman–Crippen LogP) is 4.31. The van der Waals surface area contributed by atoms with Crippen LogP contribution < -0.4 is 0 Å². The highest BCUT2D eigenvalue weighted by Gasteiger charge is 2.40. The second-order valence-corrected chi connectivity index (χ2v) is 7.07. The SMILES string of the molecule is COC1(C(O)Cc2ccc(C(C)C)cc2)CCC(C)CC1. The van der Waals surface area contributed by atoms with Gasteiger partial charge in [-0.25, -0.2) is 0 Å². The highest BCUT2D eigenvalue weighted by Crippen LogP contribution is 2.37. The lowest BCUT2D eigenvalue weighted by atomic mass is 9.75. The van der Waals surface area contributed by atoms with Crippen LogP contribution in [0.15, 0.2) is 24.3 Å². The van der Waals surface area contributed by atoms with Crippen LogP contribution in [0.25, 0.3) is 0 Å². The summed E-state index contributed by atoms with van der Waals surface area (Å²) in [7, 11) is 1.75. The fourth-order valence-corrected chi connectivity index (χ4v) is 3.37. The van der Waals surface area contributed by atoms with Crippen LogP contribution in [0.5, 0.6) is 0 Å². The van der Waals surface area contributed by atoms with Gasteiger partial charge in [-0.2, -0.15) is 0 Å². The van der Waals surface area contributed by atoms with Gasteiger partial charge in [-0.15, -0.1) is 0 Å². The molecule has 1 aliphatic carbocycles. The first kappa shape index (κ1) is 16.5. The van der Waals surface area contributed by atoms with E-state index < -0.39 is 6.10 Å². The van der Waals surface area contributed by atoms with Gasteiger partial charge >= 0.3 is 0 Å². The molecule has 0 radical (unpaired) electrons. The fourth-order valence-electron chi connectivity index (χ4n) is 3.37. The Bertz CT molecular complexity index is 427. The van der Waals surface area contributed by atoms with E-state index >= 15 is 0 Å². The van der Waals surface area contributed by atoms with Gasteiger partial charge in [-0.1, -0.05) is 45.0 Å². The first-order valence-electron chi connectivity index (χ1n) is 8.29. The van der Waals surface area contributed by atoms with E-state index in [1.807, 2.05) is 0 Å². The van der Waals surface area contributed by atoms with Crippen LogP contribution in [0.3, 0.4) is 0 Å². The highest BCUT2D eigenvalue weighted by atomic mass is 16.5. The third-order valence-corrected chi connectivity index (χ3v) is 5.21. The Morgan fingerprint density at radius 3 is 2.24 bits per heavy atom. The van der Waals surface area contributed by atoms with Crippen molar-refractivity contribution in [3.05, 3.63) is 35.4 Å². The fraction of sp³-hybridized carbons (Fsp3) is 0.684. The molecule has 1 aromatic rings. The number of hydrogen-bond acceptors (Lipinski definition) is 2. The lowest BCUT2D eigenvalue weighted by Crippen LogP contribution is -2.47. The summed E-state index contributed by atoms with van der Waals surface area (Å²) in [5.41, 5.74) is 2.20. The minimum atomic E-state index is -0.417. The van der Waals surface area contributed by atoms with E-state index in [0.29, 0.717) is 12.3 Å². The van der Waals surface area contributed by atoms with Crippen molar-refractivity contribution in [2.75, 3.05) is 7.11 Å². The second kappa shape index (κ2) is 6.93. The molecule has 1 saturated carbocycles. The molecular formula is C19H30O2. The van der Waals surface area contributed by atoms with Crippen molar-refractivity contribution in [1.82, 2.24) is 0 Å². The normalized spacial score (nSPS) is 27.8. The number of ether oxygens (including phenoxy) is 1. The van der Waals surface area contributed by atoms with Crippen molar-refractivity contribution in [3.8, 4) is 0 Å². The molecule has 0 amide bonds. The molecule has 2 rings (SSSR count). The van der Waals surface area contributed by atoms with Crippen LogP contribution >= 0.6 is 0 Å². The van der Waals surface area contributed by atoms with Gasteiger partial charge in [0.05, 0.1) is 11.7 Å². The highest BCUT2D eigenvalue weighted by molar-refractivity contribution is 5.25. The van der Waals surface area contributed by atoms with Crippen LogP contribution in [-0.4, -0.2) is 23.9 Å². The first-order valence-corrected chi connectivity index (χ1v) is 8.29. The smallest absolute Gasteiger partial charge is 0.0939 e. The van der Waals surface area contributed by atoms with E-state index in [9.17, 15) is 5.11 Å². The average molecular weight is 290 g/mol. The van der Waals surface area contributed by atoms with Crippen LogP contribution in [-0.2, 0) is 11.2 Å². The Morgan fingerprint density at radius 1 is 1.19 bits per heavy atom. The molecular weight excluding hydrogens is 260 g/mol. The van der Waals surface area contributed by atoms with E-state index in [1.54, 1.807) is 7.11 Å². The summed E-state index contributed by atoms with van der Waals surface area (Å²) in [5, 5.41) is 10.7. The molecule has 2 nitrogen and oxygen atoms in total. The maximum atomic E-state index is 10.7. The number of aliphatic hydroxyl groups is 1. The van der Waals surface area contributed by atoms with E-state index in [4.69, 9.17) is 4.74 Å². The van der Waals surface area contributed by atoms with Gasteiger partial charge in [0.25, 0.3) is 0 Å². The summed E-state index contributed by atoms with van der Waals surface area (Å²) in [5.74, 6) is 1.31. The zero-order valence-corrected chi connectivity index (χ0v) is 13.9. The summed E-state index contributed by atoms with van der Waals surface area (Å²) in [4.78, 5) is 0. The molecule has 1 atom stereocenters. The number of benzene rings is 1. The maximum absolute atomic E-state index is 10.7. The number of hydrogen-bond donors (Lipinski definition) is 1. The number of rotatable bonds is 5. The average Bonchev–Trinajstić information content (AvgIpc) is 2.49. The Kier molecular flexibility index (Phi) is 5.45. The van der Waals surface area contributed by atoms with Gasteiger partial charge in [0.15, 0.2) is 0 Å². The Balaban J connectivity index is 2.03. The van der Waals surface area contributed by atoms with Crippen molar-refractivity contribution in [1.29, 1.82) is 0 Å². The summed E-state index contributed by atoms with van der Waals surface area (Å²) in [6.45, 7) is 6.69. The quantitative estimate of drug-likeness (QED) is 0.875. The van der Waals surface area contributed by atoms with Crippen LogP contribution in [0.4, 0.5) is 0 Å². The summed E-state index contributed by atoms with van der Waals surface area (Å²) < 4.78 is 5.77. The molecule has 0 saturated heterocycles. The summed E-state index contributed by atoms with van der Waals surface area (Å²) in [6, 6.07) is 8.64. The van der Waals surface area contributed by atoms with Crippen LogP contribution in [0.1, 0.15) is 63.5 Å². The summed E-state index contributed by atoms with van der Waals surface area (Å²) in [6.07, 6.45) is 4.50. The molecule has 1 aliphatic rings. The van der Waals surface area contributed by atoms with Gasteiger partial charge in [-0.3, -0.25) is 0 Å². The Labute approximate surface area is 129 Å². The van der Waals surface area contributed by atoms with Gasteiger partial charge in [0.2, 0.25) is 0 Å². The van der Waals surface area contributed by atoms with E-state index in [-0.39, 0.29) is 5.60 Å². The standard InChI is InChI=1S/C19H30O2/c1-14(2)17-7-5-16(6-8-17)13-18(20)19(21-4)11-9-15(3)10-12-19/h5-8,14-15,18,20H,9-13H2,1-4H3. The molecule has 21 heavy (non-hydrogen) atoms. The largest absolute Gasteiger partial charge is 0.390 e. The zero-order chi connectivity index (χ0) is 15.5. The topological polar surface area (TPSA) is 29.5 Å². The molecule has 118 valence electrons. The molecule has 1 fully saturated rings. The third kappa shape index (κ3) is 3.87. The van der Waals surface area contributed by atoms with Crippen molar-refractivity contribution in [2.45, 2.75) is 70.5 Å². The van der Waals surface area contributed by atoms with Crippen LogP contribution in [0.2, 0.25) is 0 Å². The van der Waals surface area contributed by atoms with Crippen LogP contribution in [0, 0.1) is 5.92 Å². The number of aliphatic hydroxyl groups excluding tert-OH is 1. The maximum Gasteiger partial charge on any atom is 0.0939 e. The summed E-state index contributed by atoms with van der Waals surface area (Å²) >= 11 is 0. The number of methoxy groups -OCH3 is 1. The first-order chi connectivity index (χ1) is 9.97. The van der Waals surface area contributed by atoms with Gasteiger partial charge in [0, 0.05) is 13.5 Å². The van der Waals surface area contributed by atoms with E-state index in [2.05, 4.69) is 45.0 Å². The molecule has 0 aromatic heterocycles. The Hall–Kier alpha value is -0.860. The van der Waals surface area contributed by atoms with Gasteiger partial charge in [0.1, 0.15) is 0 Å². The molecule has 2 heteroatoms. The van der Waals surface area contributed by atoms with Crippen molar-refractivity contribution in [3.63, 3.8) is 0 Å². The van der Waals surface area contributed by atoms with E-state index in [1.165, 1.54) is 11.1 Å².